The maximum Gasteiger partial charge on any atom is 0.344 e. The predicted octanol–water partition coefficient (Wildman–Crippen LogP) is 3.78. The molecule has 0 fully saturated rings. The van der Waals surface area contributed by atoms with Crippen LogP contribution in [0.3, 0.4) is 0 Å². The van der Waals surface area contributed by atoms with Crippen LogP contribution in [-0.4, -0.2) is 7.11 Å². The van der Waals surface area contributed by atoms with Crippen molar-refractivity contribution < 1.29 is 9.15 Å². The predicted molar refractivity (Wildman–Crippen MR) is 79.2 cm³/mol. The number of methoxy groups -OCH3 is 1. The van der Waals surface area contributed by atoms with Crippen LogP contribution in [0, 0.1) is 6.92 Å². The van der Waals surface area contributed by atoms with E-state index in [0.29, 0.717) is 16.9 Å². The van der Waals surface area contributed by atoms with Gasteiger partial charge in [0.2, 0.25) is 0 Å². The van der Waals surface area contributed by atoms with Gasteiger partial charge in [0, 0.05) is 5.56 Å². The highest BCUT2D eigenvalue weighted by atomic mass is 16.5. The minimum atomic E-state index is -0.349. The van der Waals surface area contributed by atoms with Crippen molar-refractivity contribution in [3.05, 3.63) is 64.5 Å². The van der Waals surface area contributed by atoms with Gasteiger partial charge in [-0.15, -0.1) is 0 Å². The molecule has 0 aliphatic heterocycles. The van der Waals surface area contributed by atoms with Gasteiger partial charge in [0.25, 0.3) is 0 Å². The quantitative estimate of drug-likeness (QED) is 0.708. The smallest absolute Gasteiger partial charge is 0.344 e. The molecule has 3 heteroatoms. The van der Waals surface area contributed by atoms with Gasteiger partial charge in [0.05, 0.1) is 12.5 Å². The lowest BCUT2D eigenvalue weighted by molar-refractivity contribution is 0.415. The van der Waals surface area contributed by atoms with Crippen molar-refractivity contribution in [3.8, 4) is 17.1 Å². The van der Waals surface area contributed by atoms with Crippen molar-refractivity contribution in [3.63, 3.8) is 0 Å². The summed E-state index contributed by atoms with van der Waals surface area (Å²) in [5, 5.41) is 1.37. The van der Waals surface area contributed by atoms with E-state index < -0.39 is 0 Å². The largest absolute Gasteiger partial charge is 0.497 e. The summed E-state index contributed by atoms with van der Waals surface area (Å²) in [6.07, 6.45) is 0. The zero-order valence-electron chi connectivity index (χ0n) is 11.3. The van der Waals surface area contributed by atoms with Gasteiger partial charge in [-0.1, -0.05) is 29.8 Å². The lowest BCUT2D eigenvalue weighted by Crippen LogP contribution is -2.00. The summed E-state index contributed by atoms with van der Waals surface area (Å²) in [5.41, 5.74) is 1.68. The molecule has 0 amide bonds. The molecule has 0 unspecified atom stereocenters. The fourth-order valence-corrected chi connectivity index (χ4v) is 2.23. The average molecular weight is 266 g/mol. The summed E-state index contributed by atoms with van der Waals surface area (Å²) < 4.78 is 10.5. The summed E-state index contributed by atoms with van der Waals surface area (Å²) in [5.74, 6) is 1.23. The normalized spacial score (nSPS) is 10.7. The van der Waals surface area contributed by atoms with Crippen LogP contribution in [0.4, 0.5) is 0 Å². The van der Waals surface area contributed by atoms with Crippen LogP contribution in [0.2, 0.25) is 0 Å². The van der Waals surface area contributed by atoms with Gasteiger partial charge in [-0.3, -0.25) is 0 Å². The summed E-state index contributed by atoms with van der Waals surface area (Å²) in [4.78, 5) is 12.1. The third kappa shape index (κ3) is 2.18. The number of aryl methyl sites for hydroxylation is 1. The van der Waals surface area contributed by atoms with Gasteiger partial charge in [-0.2, -0.15) is 0 Å². The maximum absolute atomic E-state index is 12.1. The van der Waals surface area contributed by atoms with Crippen LogP contribution in [0.5, 0.6) is 5.75 Å². The molecule has 3 rings (SSSR count). The Kier molecular flexibility index (Phi) is 3.03. The van der Waals surface area contributed by atoms with Crippen molar-refractivity contribution >= 4 is 10.8 Å². The van der Waals surface area contributed by atoms with Crippen molar-refractivity contribution in [2.75, 3.05) is 7.11 Å². The lowest BCUT2D eigenvalue weighted by Gasteiger charge is -2.05. The Morgan fingerprint density at radius 2 is 1.90 bits per heavy atom. The van der Waals surface area contributed by atoms with Crippen molar-refractivity contribution in [1.29, 1.82) is 0 Å². The zero-order valence-corrected chi connectivity index (χ0v) is 11.3. The van der Waals surface area contributed by atoms with E-state index in [1.54, 1.807) is 13.2 Å². The number of rotatable bonds is 2. The molecule has 3 aromatic rings. The molecule has 0 saturated heterocycles. The monoisotopic (exact) mass is 266 g/mol. The summed E-state index contributed by atoms with van der Waals surface area (Å²) >= 11 is 0. The number of fused-ring (bicyclic) bond motifs is 1. The van der Waals surface area contributed by atoms with Crippen LogP contribution in [0.25, 0.3) is 22.1 Å². The molecular weight excluding hydrogens is 252 g/mol. The lowest BCUT2D eigenvalue weighted by atomic mass is 10.1. The third-order valence-electron chi connectivity index (χ3n) is 3.27. The molecule has 0 radical (unpaired) electrons. The fourth-order valence-electron chi connectivity index (χ4n) is 2.23. The van der Waals surface area contributed by atoms with Gasteiger partial charge >= 0.3 is 5.63 Å². The first-order valence-electron chi connectivity index (χ1n) is 6.36. The maximum atomic E-state index is 12.1. The minimum absolute atomic E-state index is 0.349. The number of ether oxygens (including phenoxy) is 1. The highest BCUT2D eigenvalue weighted by Crippen LogP contribution is 2.24. The van der Waals surface area contributed by atoms with Crippen LogP contribution < -0.4 is 10.4 Å². The van der Waals surface area contributed by atoms with Crippen molar-refractivity contribution in [2.24, 2.45) is 0 Å². The van der Waals surface area contributed by atoms with E-state index in [4.69, 9.17) is 9.15 Å². The van der Waals surface area contributed by atoms with Crippen molar-refractivity contribution in [2.45, 2.75) is 6.92 Å². The highest BCUT2D eigenvalue weighted by molar-refractivity contribution is 5.85. The first kappa shape index (κ1) is 12.5. The van der Waals surface area contributed by atoms with Gasteiger partial charge in [0.15, 0.2) is 0 Å². The van der Waals surface area contributed by atoms with Crippen LogP contribution in [-0.2, 0) is 0 Å². The molecule has 3 nitrogen and oxygen atoms in total. The molecule has 0 saturated carbocycles. The molecule has 20 heavy (non-hydrogen) atoms. The van der Waals surface area contributed by atoms with Gasteiger partial charge in [0.1, 0.15) is 11.5 Å². The highest BCUT2D eigenvalue weighted by Gasteiger charge is 2.07. The Balaban J connectivity index is 2.22. The minimum Gasteiger partial charge on any atom is -0.497 e. The number of benzene rings is 2. The van der Waals surface area contributed by atoms with E-state index >= 15 is 0 Å². The van der Waals surface area contributed by atoms with Crippen LogP contribution >= 0.6 is 0 Å². The standard InChI is InChI=1S/C17H14O3/c1-11-4-3-5-13(8-11)16-9-12-6-7-14(19-2)10-15(12)17(18)20-16/h3-10H,1-2H3. The Bertz CT molecular complexity index is 831. The first-order chi connectivity index (χ1) is 9.67. The van der Waals surface area contributed by atoms with Crippen molar-refractivity contribution in [1.82, 2.24) is 0 Å². The van der Waals surface area contributed by atoms with Gasteiger partial charge in [-0.25, -0.2) is 4.79 Å². The molecule has 0 aliphatic rings. The Morgan fingerprint density at radius 3 is 2.65 bits per heavy atom. The van der Waals surface area contributed by atoms with E-state index in [1.807, 2.05) is 49.4 Å². The van der Waals surface area contributed by atoms with E-state index in [1.165, 1.54) is 0 Å². The Morgan fingerprint density at radius 1 is 1.05 bits per heavy atom. The first-order valence-corrected chi connectivity index (χ1v) is 6.36. The van der Waals surface area contributed by atoms with Gasteiger partial charge < -0.3 is 9.15 Å². The summed E-state index contributed by atoms with van der Waals surface area (Å²) in [6.45, 7) is 2.01. The average Bonchev–Trinajstić information content (AvgIpc) is 2.47. The zero-order chi connectivity index (χ0) is 14.1. The molecule has 0 atom stereocenters. The fraction of sp³-hybridized carbons (Fsp3) is 0.118. The van der Waals surface area contributed by atoms with E-state index in [0.717, 1.165) is 16.5 Å². The molecule has 0 spiro atoms. The number of hydrogen-bond acceptors (Lipinski definition) is 3. The second-order valence-corrected chi connectivity index (χ2v) is 4.72. The Labute approximate surface area is 116 Å². The summed E-state index contributed by atoms with van der Waals surface area (Å²) in [7, 11) is 1.57. The molecule has 1 aromatic heterocycles. The van der Waals surface area contributed by atoms with Gasteiger partial charge in [-0.05, 0) is 36.6 Å². The molecule has 100 valence electrons. The van der Waals surface area contributed by atoms with Crippen LogP contribution in [0.15, 0.2) is 57.7 Å². The topological polar surface area (TPSA) is 39.4 Å². The van der Waals surface area contributed by atoms with E-state index in [-0.39, 0.29) is 5.63 Å². The molecule has 0 bridgehead atoms. The molecular formula is C17H14O3. The Hall–Kier alpha value is -2.55. The second-order valence-electron chi connectivity index (χ2n) is 4.72. The van der Waals surface area contributed by atoms with E-state index in [9.17, 15) is 4.79 Å². The SMILES string of the molecule is COc1ccc2cc(-c3cccc(C)c3)oc(=O)c2c1. The summed E-state index contributed by atoms with van der Waals surface area (Å²) in [6, 6.07) is 15.2. The molecule has 1 heterocycles. The van der Waals surface area contributed by atoms with E-state index in [2.05, 4.69) is 0 Å². The second kappa shape index (κ2) is 4.85. The molecule has 0 N–H and O–H groups in total. The molecule has 0 aliphatic carbocycles. The third-order valence-corrected chi connectivity index (χ3v) is 3.27. The number of hydrogen-bond donors (Lipinski definition) is 0. The van der Waals surface area contributed by atoms with Crippen LogP contribution in [0.1, 0.15) is 5.56 Å². The molecule has 2 aromatic carbocycles.